The van der Waals surface area contributed by atoms with E-state index >= 15 is 0 Å². The van der Waals surface area contributed by atoms with Crippen molar-refractivity contribution in [1.29, 1.82) is 0 Å². The maximum Gasteiger partial charge on any atom is 0.363 e. The Bertz CT molecular complexity index is 741. The van der Waals surface area contributed by atoms with Crippen molar-refractivity contribution in [2.45, 2.75) is 6.92 Å². The summed E-state index contributed by atoms with van der Waals surface area (Å²) in [5, 5.41) is 1.98. The van der Waals surface area contributed by atoms with Crippen LogP contribution in [0.3, 0.4) is 0 Å². The molecule has 1 aromatic carbocycles. The molecule has 2 aromatic rings. The summed E-state index contributed by atoms with van der Waals surface area (Å²) < 4.78 is 10.3. The van der Waals surface area contributed by atoms with Gasteiger partial charge in [0.1, 0.15) is 5.75 Å². The zero-order valence-corrected chi connectivity index (χ0v) is 12.4. The molecule has 1 aliphatic heterocycles. The predicted molar refractivity (Wildman–Crippen MR) is 82.7 cm³/mol. The van der Waals surface area contributed by atoms with Crippen molar-refractivity contribution in [1.82, 2.24) is 0 Å². The number of aliphatic imine (C=N–C) groups is 1. The van der Waals surface area contributed by atoms with E-state index in [1.54, 1.807) is 36.7 Å². The molecule has 1 aliphatic rings. The van der Waals surface area contributed by atoms with Crippen LogP contribution in [0.2, 0.25) is 0 Å². The lowest BCUT2D eigenvalue weighted by Gasteiger charge is -2.01. The van der Waals surface area contributed by atoms with Gasteiger partial charge in [-0.3, -0.25) is 0 Å². The molecular weight excluding hydrogens is 286 g/mol. The van der Waals surface area contributed by atoms with Crippen LogP contribution in [-0.2, 0) is 9.53 Å². The van der Waals surface area contributed by atoms with Gasteiger partial charge in [0.2, 0.25) is 5.90 Å². The van der Waals surface area contributed by atoms with Gasteiger partial charge < -0.3 is 9.47 Å². The Morgan fingerprint density at radius 2 is 2.00 bits per heavy atom. The van der Waals surface area contributed by atoms with E-state index in [0.29, 0.717) is 11.6 Å². The molecule has 0 radical (unpaired) electrons. The largest absolute Gasteiger partial charge is 0.497 e. The molecule has 0 unspecified atom stereocenters. The van der Waals surface area contributed by atoms with E-state index in [4.69, 9.17) is 9.47 Å². The molecule has 5 heteroatoms. The molecule has 0 atom stereocenters. The minimum atomic E-state index is -0.423. The van der Waals surface area contributed by atoms with Gasteiger partial charge in [-0.25, -0.2) is 9.79 Å². The van der Waals surface area contributed by atoms with Gasteiger partial charge in [-0.2, -0.15) is 0 Å². The van der Waals surface area contributed by atoms with Crippen LogP contribution in [0.25, 0.3) is 6.08 Å². The maximum absolute atomic E-state index is 11.9. The second kappa shape index (κ2) is 5.54. The third-order valence-electron chi connectivity index (χ3n) is 3.13. The molecular formula is C16H13NO3S. The van der Waals surface area contributed by atoms with Crippen molar-refractivity contribution in [3.63, 3.8) is 0 Å². The summed E-state index contributed by atoms with van der Waals surface area (Å²) >= 11 is 1.57. The van der Waals surface area contributed by atoms with Crippen LogP contribution < -0.4 is 4.74 Å². The quantitative estimate of drug-likeness (QED) is 0.644. The molecule has 0 saturated carbocycles. The average molecular weight is 299 g/mol. The van der Waals surface area contributed by atoms with Gasteiger partial charge in [0.25, 0.3) is 0 Å². The van der Waals surface area contributed by atoms with Gasteiger partial charge in [-0.05, 0) is 54.3 Å². The highest BCUT2D eigenvalue weighted by Crippen LogP contribution is 2.24. The molecule has 4 nitrogen and oxygen atoms in total. The minimum Gasteiger partial charge on any atom is -0.497 e. The average Bonchev–Trinajstić information content (AvgIpc) is 3.07. The van der Waals surface area contributed by atoms with Crippen LogP contribution in [0.4, 0.5) is 0 Å². The lowest BCUT2D eigenvalue weighted by molar-refractivity contribution is -0.129. The second-order valence-electron chi connectivity index (χ2n) is 4.53. The van der Waals surface area contributed by atoms with Crippen LogP contribution in [0.5, 0.6) is 5.75 Å². The maximum atomic E-state index is 11.9. The third kappa shape index (κ3) is 2.73. The lowest BCUT2D eigenvalue weighted by atomic mass is 10.2. The van der Waals surface area contributed by atoms with E-state index in [2.05, 4.69) is 4.99 Å². The standard InChI is InChI=1S/C16H13NO3S/c1-10-7-8-21-14(10)9-13-16(18)20-15(17-13)11-3-5-12(19-2)6-4-11/h3-9H,1-2H3. The fourth-order valence-corrected chi connectivity index (χ4v) is 2.78. The van der Waals surface area contributed by atoms with Gasteiger partial charge in [0.15, 0.2) is 5.70 Å². The summed E-state index contributed by atoms with van der Waals surface area (Å²) in [4.78, 5) is 17.2. The molecule has 0 fully saturated rings. The molecule has 0 spiro atoms. The second-order valence-corrected chi connectivity index (χ2v) is 5.48. The molecule has 0 bridgehead atoms. The van der Waals surface area contributed by atoms with Gasteiger partial charge in [0.05, 0.1) is 7.11 Å². The number of aryl methyl sites for hydroxylation is 1. The SMILES string of the molecule is COc1ccc(C2=NC(=Cc3sccc3C)C(=O)O2)cc1. The first-order valence-corrected chi connectivity index (χ1v) is 7.26. The molecule has 0 aliphatic carbocycles. The number of carbonyl (C=O) groups is 1. The Hall–Kier alpha value is -2.40. The Kier molecular flexibility index (Phi) is 3.58. The molecule has 0 saturated heterocycles. The van der Waals surface area contributed by atoms with Crippen LogP contribution in [0, 0.1) is 6.92 Å². The van der Waals surface area contributed by atoms with Crippen LogP contribution in [-0.4, -0.2) is 19.0 Å². The van der Waals surface area contributed by atoms with Crippen LogP contribution >= 0.6 is 11.3 Å². The first-order chi connectivity index (χ1) is 10.2. The van der Waals surface area contributed by atoms with Crippen LogP contribution in [0.1, 0.15) is 16.0 Å². The summed E-state index contributed by atoms with van der Waals surface area (Å²) in [5.74, 6) is 0.644. The summed E-state index contributed by atoms with van der Waals surface area (Å²) in [6, 6.07) is 9.23. The van der Waals surface area contributed by atoms with Crippen molar-refractivity contribution in [2.75, 3.05) is 7.11 Å². The number of ether oxygens (including phenoxy) is 2. The van der Waals surface area contributed by atoms with Gasteiger partial charge >= 0.3 is 5.97 Å². The van der Waals surface area contributed by atoms with E-state index in [-0.39, 0.29) is 0 Å². The number of nitrogens with zero attached hydrogens (tertiary/aromatic N) is 1. The number of methoxy groups -OCH3 is 1. The number of cyclic esters (lactones) is 1. The summed E-state index contributed by atoms with van der Waals surface area (Å²) in [5.41, 5.74) is 2.19. The number of thiophene rings is 1. The molecule has 0 amide bonds. The lowest BCUT2D eigenvalue weighted by Crippen LogP contribution is -2.05. The van der Waals surface area contributed by atoms with Crippen LogP contribution in [0.15, 0.2) is 46.4 Å². The first-order valence-electron chi connectivity index (χ1n) is 6.38. The highest BCUT2D eigenvalue weighted by atomic mass is 32.1. The molecule has 0 N–H and O–H groups in total. The highest BCUT2D eigenvalue weighted by Gasteiger charge is 2.24. The number of esters is 1. The van der Waals surface area contributed by atoms with Crippen molar-refractivity contribution in [3.8, 4) is 5.75 Å². The fraction of sp³-hybridized carbons (Fsp3) is 0.125. The van der Waals surface area contributed by atoms with Crippen molar-refractivity contribution >= 4 is 29.3 Å². The highest BCUT2D eigenvalue weighted by molar-refractivity contribution is 7.11. The topological polar surface area (TPSA) is 47.9 Å². The zero-order chi connectivity index (χ0) is 14.8. The van der Waals surface area contributed by atoms with E-state index in [0.717, 1.165) is 21.8 Å². The monoisotopic (exact) mass is 299 g/mol. The summed E-state index contributed by atoms with van der Waals surface area (Å²) in [6.07, 6.45) is 1.76. The molecule has 106 valence electrons. The first kappa shape index (κ1) is 13.6. The minimum absolute atomic E-state index is 0.322. The number of benzene rings is 1. The van der Waals surface area contributed by atoms with Gasteiger partial charge in [0, 0.05) is 10.4 Å². The number of hydrogen-bond acceptors (Lipinski definition) is 5. The summed E-state index contributed by atoms with van der Waals surface area (Å²) in [6.45, 7) is 2.00. The Morgan fingerprint density at radius 1 is 1.24 bits per heavy atom. The van der Waals surface area contributed by atoms with E-state index in [9.17, 15) is 4.79 Å². The number of carbonyl (C=O) groups excluding carboxylic acids is 1. The van der Waals surface area contributed by atoms with E-state index < -0.39 is 5.97 Å². The smallest absolute Gasteiger partial charge is 0.363 e. The van der Waals surface area contributed by atoms with Crippen molar-refractivity contribution < 1.29 is 14.3 Å². The summed E-state index contributed by atoms with van der Waals surface area (Å²) in [7, 11) is 1.60. The van der Waals surface area contributed by atoms with Gasteiger partial charge in [-0.15, -0.1) is 11.3 Å². The number of hydrogen-bond donors (Lipinski definition) is 0. The fourth-order valence-electron chi connectivity index (χ4n) is 1.92. The van der Waals surface area contributed by atoms with E-state index in [1.807, 2.05) is 30.5 Å². The molecule has 2 heterocycles. The molecule has 21 heavy (non-hydrogen) atoms. The van der Waals surface area contributed by atoms with Crippen molar-refractivity contribution in [2.24, 2.45) is 4.99 Å². The van der Waals surface area contributed by atoms with Gasteiger partial charge in [-0.1, -0.05) is 0 Å². The van der Waals surface area contributed by atoms with E-state index in [1.165, 1.54) is 0 Å². The Labute approximate surface area is 126 Å². The Balaban J connectivity index is 1.91. The third-order valence-corrected chi connectivity index (χ3v) is 4.09. The zero-order valence-electron chi connectivity index (χ0n) is 11.6. The number of rotatable bonds is 3. The molecule has 1 aromatic heterocycles. The predicted octanol–water partition coefficient (Wildman–Crippen LogP) is 3.41. The molecule has 3 rings (SSSR count). The Morgan fingerprint density at radius 3 is 2.62 bits per heavy atom. The normalized spacial score (nSPS) is 16.0. The van der Waals surface area contributed by atoms with Crippen molar-refractivity contribution in [3.05, 3.63) is 57.4 Å².